The van der Waals surface area contributed by atoms with E-state index in [1.807, 2.05) is 56.3 Å². The van der Waals surface area contributed by atoms with Gasteiger partial charge in [0.05, 0.1) is 5.56 Å². The van der Waals surface area contributed by atoms with Gasteiger partial charge in [0, 0.05) is 22.3 Å². The van der Waals surface area contributed by atoms with Crippen LogP contribution in [0.1, 0.15) is 27.2 Å². The van der Waals surface area contributed by atoms with Crippen LogP contribution in [0.15, 0.2) is 42.5 Å². The van der Waals surface area contributed by atoms with Crippen LogP contribution in [-0.4, -0.2) is 16.7 Å². The van der Waals surface area contributed by atoms with Gasteiger partial charge in [0.2, 0.25) is 0 Å². The third-order valence-electron chi connectivity index (χ3n) is 3.96. The van der Waals surface area contributed by atoms with Gasteiger partial charge in [-0.1, -0.05) is 35.9 Å². The van der Waals surface area contributed by atoms with Gasteiger partial charge in [-0.05, 0) is 38.5 Å². The summed E-state index contributed by atoms with van der Waals surface area (Å²) in [6, 6.07) is 13.2. The number of aromatic nitrogens is 1. The van der Waals surface area contributed by atoms with E-state index in [2.05, 4.69) is 10.3 Å². The van der Waals surface area contributed by atoms with Gasteiger partial charge in [0.1, 0.15) is 0 Å². The zero-order valence-electron chi connectivity index (χ0n) is 13.4. The number of fused-ring (bicyclic) bond motifs is 1. The largest absolute Gasteiger partial charge is 0.358 e. The number of ketones is 1. The van der Waals surface area contributed by atoms with E-state index >= 15 is 0 Å². The number of aromatic amines is 1. The Labute approximate surface area is 134 Å². The fourth-order valence-electron chi connectivity index (χ4n) is 2.82. The Hall–Kier alpha value is -2.88. The molecule has 4 nitrogen and oxygen atoms in total. The lowest BCUT2D eigenvalue weighted by atomic mass is 10.1. The lowest BCUT2D eigenvalue weighted by molar-refractivity contribution is -0.112. The predicted octanol–water partition coefficient (Wildman–Crippen LogP) is 3.91. The lowest BCUT2D eigenvalue weighted by Crippen LogP contribution is -2.23. The smallest absolute Gasteiger partial charge is 0.296 e. The highest BCUT2D eigenvalue weighted by Crippen LogP contribution is 2.23. The van der Waals surface area contributed by atoms with Crippen LogP contribution in [0.3, 0.4) is 0 Å². The molecule has 0 aliphatic heterocycles. The second-order valence-electron chi connectivity index (χ2n) is 5.77. The van der Waals surface area contributed by atoms with Crippen LogP contribution in [0.5, 0.6) is 0 Å². The van der Waals surface area contributed by atoms with Crippen LogP contribution in [0.25, 0.3) is 10.9 Å². The molecule has 3 aromatic rings. The molecule has 2 N–H and O–H groups in total. The number of nitrogens with one attached hydrogen (secondary N) is 2. The molecular weight excluding hydrogens is 288 g/mol. The van der Waals surface area contributed by atoms with Gasteiger partial charge >= 0.3 is 0 Å². The maximum absolute atomic E-state index is 12.6. The summed E-state index contributed by atoms with van der Waals surface area (Å²) in [4.78, 5) is 28.1. The van der Waals surface area contributed by atoms with Crippen LogP contribution in [0.2, 0.25) is 0 Å². The number of carbonyl (C=O) groups excluding carboxylic acids is 2. The first-order valence-electron chi connectivity index (χ1n) is 7.47. The number of carbonyl (C=O) groups is 2. The van der Waals surface area contributed by atoms with Gasteiger partial charge in [-0.15, -0.1) is 0 Å². The van der Waals surface area contributed by atoms with E-state index in [0.717, 1.165) is 22.0 Å². The van der Waals surface area contributed by atoms with Crippen molar-refractivity contribution >= 4 is 28.3 Å². The number of para-hydroxylation sites is 1. The van der Waals surface area contributed by atoms with Crippen molar-refractivity contribution in [2.24, 2.45) is 0 Å². The summed E-state index contributed by atoms with van der Waals surface area (Å²) in [6.07, 6.45) is 0. The van der Waals surface area contributed by atoms with E-state index in [9.17, 15) is 9.59 Å². The van der Waals surface area contributed by atoms with E-state index in [1.54, 1.807) is 6.92 Å². The molecule has 0 aliphatic rings. The Bertz CT molecular complexity index is 922. The second kappa shape index (κ2) is 5.72. The molecule has 2 aromatic carbocycles. The first-order chi connectivity index (χ1) is 11.0. The summed E-state index contributed by atoms with van der Waals surface area (Å²) in [5.41, 5.74) is 4.69. The number of hydrogen-bond acceptors (Lipinski definition) is 2. The number of amides is 1. The van der Waals surface area contributed by atoms with Crippen molar-refractivity contribution in [3.8, 4) is 0 Å². The predicted molar refractivity (Wildman–Crippen MR) is 91.9 cm³/mol. The standard InChI is InChI=1S/C19H18N2O2/c1-11-8-9-15(12(2)10-11)21-19(23)18(22)17-13(3)20-16-7-5-4-6-14(16)17/h4-10,20H,1-3H3,(H,21,23). The Morgan fingerprint density at radius 2 is 1.74 bits per heavy atom. The van der Waals surface area contributed by atoms with Crippen LogP contribution < -0.4 is 5.32 Å². The molecule has 0 unspecified atom stereocenters. The van der Waals surface area contributed by atoms with Gasteiger partial charge in [-0.2, -0.15) is 0 Å². The van der Waals surface area contributed by atoms with Gasteiger partial charge in [0.15, 0.2) is 0 Å². The van der Waals surface area contributed by atoms with Crippen molar-refractivity contribution in [3.63, 3.8) is 0 Å². The highest BCUT2D eigenvalue weighted by molar-refractivity contribution is 6.48. The molecule has 0 aliphatic carbocycles. The molecule has 0 saturated heterocycles. The molecule has 0 spiro atoms. The second-order valence-corrected chi connectivity index (χ2v) is 5.77. The number of anilines is 1. The zero-order valence-corrected chi connectivity index (χ0v) is 13.4. The number of benzene rings is 2. The summed E-state index contributed by atoms with van der Waals surface area (Å²) in [6.45, 7) is 5.70. The van der Waals surface area contributed by atoms with Crippen LogP contribution in [-0.2, 0) is 4.79 Å². The molecule has 1 amide bonds. The third-order valence-corrected chi connectivity index (χ3v) is 3.96. The van der Waals surface area contributed by atoms with Gasteiger partial charge < -0.3 is 10.3 Å². The third kappa shape index (κ3) is 2.75. The van der Waals surface area contributed by atoms with E-state index in [1.165, 1.54) is 0 Å². The van der Waals surface area contributed by atoms with Crippen molar-refractivity contribution in [3.05, 3.63) is 64.8 Å². The SMILES string of the molecule is Cc1ccc(NC(=O)C(=O)c2c(C)[nH]c3ccccc23)c(C)c1. The zero-order chi connectivity index (χ0) is 16.6. The minimum atomic E-state index is -0.621. The average Bonchev–Trinajstić information content (AvgIpc) is 2.85. The summed E-state index contributed by atoms with van der Waals surface area (Å²) >= 11 is 0. The van der Waals surface area contributed by atoms with E-state index < -0.39 is 11.7 Å². The van der Waals surface area contributed by atoms with Crippen molar-refractivity contribution in [1.29, 1.82) is 0 Å². The Morgan fingerprint density at radius 1 is 1.00 bits per heavy atom. The quantitative estimate of drug-likeness (QED) is 0.569. The maximum Gasteiger partial charge on any atom is 0.296 e. The van der Waals surface area contributed by atoms with Crippen LogP contribution >= 0.6 is 0 Å². The average molecular weight is 306 g/mol. The summed E-state index contributed by atoms with van der Waals surface area (Å²) < 4.78 is 0. The topological polar surface area (TPSA) is 62.0 Å². The Morgan fingerprint density at radius 3 is 2.48 bits per heavy atom. The summed E-state index contributed by atoms with van der Waals surface area (Å²) in [5.74, 6) is -1.15. The highest BCUT2D eigenvalue weighted by atomic mass is 16.2. The molecule has 0 bridgehead atoms. The molecular formula is C19H18N2O2. The number of rotatable bonds is 3. The minimum absolute atomic E-state index is 0.433. The molecule has 1 heterocycles. The summed E-state index contributed by atoms with van der Waals surface area (Å²) in [5, 5.41) is 3.48. The first kappa shape index (κ1) is 15.0. The fraction of sp³-hybridized carbons (Fsp3) is 0.158. The molecule has 1 aromatic heterocycles. The first-order valence-corrected chi connectivity index (χ1v) is 7.47. The summed E-state index contributed by atoms with van der Waals surface area (Å²) in [7, 11) is 0. The van der Waals surface area contributed by atoms with E-state index in [0.29, 0.717) is 16.9 Å². The van der Waals surface area contributed by atoms with Crippen molar-refractivity contribution in [2.75, 3.05) is 5.32 Å². The molecule has 4 heteroatoms. The Balaban J connectivity index is 1.93. The molecule has 3 rings (SSSR count). The molecule has 0 saturated carbocycles. The van der Waals surface area contributed by atoms with Crippen LogP contribution in [0, 0.1) is 20.8 Å². The van der Waals surface area contributed by atoms with Gasteiger partial charge in [-0.3, -0.25) is 9.59 Å². The van der Waals surface area contributed by atoms with Crippen molar-refractivity contribution < 1.29 is 9.59 Å². The van der Waals surface area contributed by atoms with E-state index in [-0.39, 0.29) is 0 Å². The van der Waals surface area contributed by atoms with Crippen LogP contribution in [0.4, 0.5) is 5.69 Å². The van der Waals surface area contributed by atoms with Gasteiger partial charge in [0.25, 0.3) is 11.7 Å². The number of aryl methyl sites for hydroxylation is 3. The number of H-pyrrole nitrogens is 1. The van der Waals surface area contributed by atoms with E-state index in [4.69, 9.17) is 0 Å². The molecule has 0 radical (unpaired) electrons. The number of hydrogen-bond donors (Lipinski definition) is 2. The lowest BCUT2D eigenvalue weighted by Gasteiger charge is -2.08. The molecule has 116 valence electrons. The fourth-order valence-corrected chi connectivity index (χ4v) is 2.82. The molecule has 0 atom stereocenters. The Kier molecular flexibility index (Phi) is 3.74. The molecule has 0 fully saturated rings. The van der Waals surface area contributed by atoms with Gasteiger partial charge in [-0.25, -0.2) is 0 Å². The van der Waals surface area contributed by atoms with Crippen molar-refractivity contribution in [2.45, 2.75) is 20.8 Å². The highest BCUT2D eigenvalue weighted by Gasteiger charge is 2.23. The maximum atomic E-state index is 12.6. The number of Topliss-reactive ketones (excluding diaryl/α,β-unsaturated/α-hetero) is 1. The minimum Gasteiger partial charge on any atom is -0.358 e. The van der Waals surface area contributed by atoms with Crippen molar-refractivity contribution in [1.82, 2.24) is 4.98 Å². The monoisotopic (exact) mass is 306 g/mol. The normalized spacial score (nSPS) is 10.7. The molecule has 23 heavy (non-hydrogen) atoms.